The zero-order valence-electron chi connectivity index (χ0n) is 8.85. The third-order valence-electron chi connectivity index (χ3n) is 2.83. The number of primary amides is 1. The molecule has 1 atom stereocenters. The van der Waals surface area contributed by atoms with Crippen LogP contribution in [0.2, 0.25) is 0 Å². The van der Waals surface area contributed by atoms with Crippen molar-refractivity contribution in [2.45, 2.75) is 12.8 Å². The van der Waals surface area contributed by atoms with Crippen LogP contribution >= 0.6 is 0 Å². The minimum Gasteiger partial charge on any atom is -0.369 e. The van der Waals surface area contributed by atoms with Crippen LogP contribution in [0.3, 0.4) is 0 Å². The lowest BCUT2D eigenvalue weighted by Gasteiger charge is -2.15. The second-order valence-electron chi connectivity index (χ2n) is 3.98. The van der Waals surface area contributed by atoms with Crippen molar-refractivity contribution in [1.82, 2.24) is 15.1 Å². The average molecular weight is 222 g/mol. The van der Waals surface area contributed by atoms with E-state index in [1.54, 1.807) is 11.1 Å². The van der Waals surface area contributed by atoms with Crippen LogP contribution in [0.25, 0.3) is 0 Å². The van der Waals surface area contributed by atoms with Crippen molar-refractivity contribution in [2.24, 2.45) is 11.7 Å². The van der Waals surface area contributed by atoms with Crippen molar-refractivity contribution in [3.8, 4) is 0 Å². The van der Waals surface area contributed by atoms with Gasteiger partial charge in [-0.2, -0.15) is 5.10 Å². The molecule has 1 saturated heterocycles. The Hall–Kier alpha value is -1.85. The number of H-pyrrole nitrogens is 1. The normalized spacial score (nSPS) is 20.4. The molecular weight excluding hydrogens is 208 g/mol. The molecule has 0 spiro atoms. The third kappa shape index (κ3) is 2.21. The minimum atomic E-state index is -0.391. The Morgan fingerprint density at radius 1 is 1.69 bits per heavy atom. The molecule has 2 rings (SSSR count). The van der Waals surface area contributed by atoms with E-state index in [2.05, 4.69) is 10.2 Å². The maximum Gasteiger partial charge on any atom is 0.223 e. The number of nitrogens with two attached hydrogens (primary N) is 1. The van der Waals surface area contributed by atoms with Gasteiger partial charge in [0.15, 0.2) is 0 Å². The molecule has 1 aromatic heterocycles. The highest BCUT2D eigenvalue weighted by molar-refractivity contribution is 5.88. The van der Waals surface area contributed by atoms with Gasteiger partial charge in [0.25, 0.3) is 0 Å². The number of carbonyl (C=O) groups excluding carboxylic acids is 2. The van der Waals surface area contributed by atoms with E-state index < -0.39 is 5.91 Å². The lowest BCUT2D eigenvalue weighted by atomic mass is 10.1. The Labute approximate surface area is 92.8 Å². The highest BCUT2D eigenvalue weighted by atomic mass is 16.2. The summed E-state index contributed by atoms with van der Waals surface area (Å²) in [6.07, 6.45) is 2.64. The molecule has 0 saturated carbocycles. The van der Waals surface area contributed by atoms with E-state index in [9.17, 15) is 9.59 Å². The van der Waals surface area contributed by atoms with Gasteiger partial charge in [0.05, 0.1) is 5.92 Å². The van der Waals surface area contributed by atoms with Gasteiger partial charge in [-0.1, -0.05) is 0 Å². The van der Waals surface area contributed by atoms with Crippen molar-refractivity contribution in [3.63, 3.8) is 0 Å². The van der Waals surface area contributed by atoms with E-state index in [0.717, 1.165) is 12.1 Å². The van der Waals surface area contributed by atoms with Gasteiger partial charge in [-0.05, 0) is 6.07 Å². The number of aromatic amines is 1. The highest BCUT2D eigenvalue weighted by Gasteiger charge is 2.32. The van der Waals surface area contributed by atoms with Gasteiger partial charge < -0.3 is 10.6 Å². The van der Waals surface area contributed by atoms with Gasteiger partial charge in [-0.3, -0.25) is 14.7 Å². The van der Waals surface area contributed by atoms with E-state index in [-0.39, 0.29) is 18.2 Å². The molecule has 16 heavy (non-hydrogen) atoms. The fourth-order valence-corrected chi connectivity index (χ4v) is 1.86. The van der Waals surface area contributed by atoms with Crippen molar-refractivity contribution in [1.29, 1.82) is 0 Å². The molecule has 1 aliphatic heterocycles. The summed E-state index contributed by atoms with van der Waals surface area (Å²) in [6, 6.07) is 1.87. The fraction of sp³-hybridized carbons (Fsp3) is 0.500. The Morgan fingerprint density at radius 2 is 2.50 bits per heavy atom. The molecule has 0 bridgehead atoms. The van der Waals surface area contributed by atoms with Crippen LogP contribution in [0.4, 0.5) is 0 Å². The number of likely N-dealkylation sites (tertiary alicyclic amines) is 1. The van der Waals surface area contributed by atoms with E-state index in [4.69, 9.17) is 5.73 Å². The standard InChI is InChI=1S/C10H14N4O2/c11-10(16)7-5-9(15)14(6-7)4-2-8-1-3-12-13-8/h1,3,7H,2,4-6H2,(H2,11,16)(H,12,13). The van der Waals surface area contributed by atoms with E-state index in [1.165, 1.54) is 0 Å². The first-order valence-electron chi connectivity index (χ1n) is 5.22. The Bertz CT molecular complexity index is 388. The molecule has 2 amide bonds. The molecule has 1 unspecified atom stereocenters. The predicted molar refractivity (Wildman–Crippen MR) is 56.2 cm³/mol. The first-order chi connectivity index (χ1) is 7.66. The summed E-state index contributed by atoms with van der Waals surface area (Å²) in [5.41, 5.74) is 6.16. The third-order valence-corrected chi connectivity index (χ3v) is 2.83. The molecule has 0 radical (unpaired) electrons. The molecule has 0 aliphatic carbocycles. The number of hydrogen-bond donors (Lipinski definition) is 2. The van der Waals surface area contributed by atoms with Crippen LogP contribution in [-0.2, 0) is 16.0 Å². The van der Waals surface area contributed by atoms with Crippen LogP contribution in [0.15, 0.2) is 12.3 Å². The molecule has 3 N–H and O–H groups in total. The zero-order chi connectivity index (χ0) is 11.5. The molecule has 1 aromatic rings. The first kappa shape index (κ1) is 10.7. The van der Waals surface area contributed by atoms with Crippen molar-refractivity contribution in [2.75, 3.05) is 13.1 Å². The molecular formula is C10H14N4O2. The fourth-order valence-electron chi connectivity index (χ4n) is 1.86. The maximum absolute atomic E-state index is 11.5. The van der Waals surface area contributed by atoms with Gasteiger partial charge in [-0.15, -0.1) is 0 Å². The molecule has 86 valence electrons. The minimum absolute atomic E-state index is 0.00307. The smallest absolute Gasteiger partial charge is 0.223 e. The Morgan fingerprint density at radius 3 is 3.06 bits per heavy atom. The largest absolute Gasteiger partial charge is 0.369 e. The molecule has 6 heteroatoms. The number of rotatable bonds is 4. The summed E-state index contributed by atoms with van der Waals surface area (Å²) >= 11 is 0. The number of amides is 2. The van der Waals surface area contributed by atoms with E-state index >= 15 is 0 Å². The van der Waals surface area contributed by atoms with Crippen LogP contribution in [0.5, 0.6) is 0 Å². The lowest BCUT2D eigenvalue weighted by Crippen LogP contribution is -2.30. The summed E-state index contributed by atoms with van der Waals surface area (Å²) in [5.74, 6) is -0.713. The van der Waals surface area contributed by atoms with Gasteiger partial charge >= 0.3 is 0 Å². The molecule has 0 aromatic carbocycles. The second-order valence-corrected chi connectivity index (χ2v) is 3.98. The zero-order valence-corrected chi connectivity index (χ0v) is 8.85. The average Bonchev–Trinajstić information content (AvgIpc) is 2.84. The number of hydrogen-bond acceptors (Lipinski definition) is 3. The van der Waals surface area contributed by atoms with Crippen molar-refractivity contribution < 1.29 is 9.59 Å². The van der Waals surface area contributed by atoms with Gasteiger partial charge in [0.2, 0.25) is 11.8 Å². The summed E-state index contributed by atoms with van der Waals surface area (Å²) in [4.78, 5) is 24.2. The number of nitrogens with one attached hydrogen (secondary N) is 1. The number of carbonyl (C=O) groups is 2. The second kappa shape index (κ2) is 4.34. The number of aromatic nitrogens is 2. The van der Waals surface area contributed by atoms with Gasteiger partial charge in [0.1, 0.15) is 0 Å². The van der Waals surface area contributed by atoms with Crippen LogP contribution < -0.4 is 5.73 Å². The summed E-state index contributed by atoms with van der Waals surface area (Å²) in [6.45, 7) is 1.05. The van der Waals surface area contributed by atoms with Gasteiger partial charge in [-0.25, -0.2) is 0 Å². The quantitative estimate of drug-likeness (QED) is 0.704. The SMILES string of the molecule is NC(=O)C1CC(=O)N(CCc2ccn[nH]2)C1. The predicted octanol–water partition coefficient (Wildman–Crippen LogP) is -0.714. The van der Waals surface area contributed by atoms with Crippen molar-refractivity contribution in [3.05, 3.63) is 18.0 Å². The Kier molecular flexibility index (Phi) is 2.89. The van der Waals surface area contributed by atoms with E-state index in [0.29, 0.717) is 13.1 Å². The molecule has 2 heterocycles. The maximum atomic E-state index is 11.5. The van der Waals surface area contributed by atoms with Crippen molar-refractivity contribution >= 4 is 11.8 Å². The highest BCUT2D eigenvalue weighted by Crippen LogP contribution is 2.17. The summed E-state index contributed by atoms with van der Waals surface area (Å²) < 4.78 is 0. The Balaban J connectivity index is 1.87. The first-order valence-corrected chi connectivity index (χ1v) is 5.22. The number of nitrogens with zero attached hydrogens (tertiary/aromatic N) is 2. The van der Waals surface area contributed by atoms with Gasteiger partial charge in [0, 0.05) is 37.8 Å². The monoisotopic (exact) mass is 222 g/mol. The molecule has 1 aliphatic rings. The van der Waals surface area contributed by atoms with Crippen LogP contribution in [0, 0.1) is 5.92 Å². The molecule has 6 nitrogen and oxygen atoms in total. The topological polar surface area (TPSA) is 92.1 Å². The summed E-state index contributed by atoms with van der Waals surface area (Å²) in [5, 5.41) is 6.66. The molecule has 1 fully saturated rings. The lowest BCUT2D eigenvalue weighted by molar-refractivity contribution is -0.128. The summed E-state index contributed by atoms with van der Waals surface area (Å²) in [7, 11) is 0. The van der Waals surface area contributed by atoms with Crippen LogP contribution in [-0.4, -0.2) is 40.0 Å². The van der Waals surface area contributed by atoms with E-state index in [1.807, 2.05) is 6.07 Å². The van der Waals surface area contributed by atoms with Crippen LogP contribution in [0.1, 0.15) is 12.1 Å².